The minimum Gasteiger partial charge on any atom is -0.373 e. The number of hydrogen-bond acceptors (Lipinski definition) is 3. The van der Waals surface area contributed by atoms with Crippen molar-refractivity contribution >= 4 is 11.4 Å². The summed E-state index contributed by atoms with van der Waals surface area (Å²) in [4.78, 5) is 10.1. The molecule has 7 heteroatoms. The molecule has 0 aromatic heterocycles. The van der Waals surface area contributed by atoms with E-state index in [4.69, 9.17) is 0 Å². The van der Waals surface area contributed by atoms with Gasteiger partial charge in [0.2, 0.25) is 0 Å². The van der Waals surface area contributed by atoms with Crippen molar-refractivity contribution in [2.75, 3.05) is 5.32 Å². The first kappa shape index (κ1) is 14.8. The maximum Gasteiger partial charge on any atom is 0.295 e. The fourth-order valence-electron chi connectivity index (χ4n) is 1.94. The molecule has 0 aliphatic carbocycles. The normalized spacial score (nSPS) is 12.0. The van der Waals surface area contributed by atoms with Crippen molar-refractivity contribution in [2.45, 2.75) is 13.0 Å². The molecule has 4 nitrogen and oxygen atoms in total. The molecule has 0 saturated heterocycles. The minimum absolute atomic E-state index is 0.0219. The monoisotopic (exact) mass is 296 g/mol. The number of halogens is 3. The van der Waals surface area contributed by atoms with Gasteiger partial charge in [-0.15, -0.1) is 0 Å². The van der Waals surface area contributed by atoms with Gasteiger partial charge in [-0.1, -0.05) is 0 Å². The van der Waals surface area contributed by atoms with E-state index in [1.807, 2.05) is 0 Å². The van der Waals surface area contributed by atoms with Gasteiger partial charge < -0.3 is 5.32 Å². The van der Waals surface area contributed by atoms with Crippen molar-refractivity contribution in [3.05, 3.63) is 69.5 Å². The van der Waals surface area contributed by atoms with Gasteiger partial charge >= 0.3 is 0 Å². The number of anilines is 1. The quantitative estimate of drug-likeness (QED) is 0.680. The van der Waals surface area contributed by atoms with Crippen LogP contribution in [0.4, 0.5) is 24.5 Å². The van der Waals surface area contributed by atoms with E-state index >= 15 is 0 Å². The van der Waals surface area contributed by atoms with Crippen LogP contribution >= 0.6 is 0 Å². The second kappa shape index (κ2) is 5.82. The van der Waals surface area contributed by atoms with Crippen molar-refractivity contribution in [3.63, 3.8) is 0 Å². The van der Waals surface area contributed by atoms with Crippen LogP contribution in [0.2, 0.25) is 0 Å². The van der Waals surface area contributed by atoms with E-state index in [1.165, 1.54) is 13.0 Å². The number of nitro benzene ring substituents is 1. The third-order valence-corrected chi connectivity index (χ3v) is 2.95. The van der Waals surface area contributed by atoms with Crippen LogP contribution in [0, 0.1) is 27.6 Å². The Bertz CT molecular complexity index is 692. The third-order valence-electron chi connectivity index (χ3n) is 2.95. The van der Waals surface area contributed by atoms with Gasteiger partial charge in [-0.25, -0.2) is 13.2 Å². The van der Waals surface area contributed by atoms with Crippen LogP contribution in [0.25, 0.3) is 0 Å². The van der Waals surface area contributed by atoms with Gasteiger partial charge in [0.25, 0.3) is 5.69 Å². The van der Waals surface area contributed by atoms with E-state index in [0.29, 0.717) is 0 Å². The fourth-order valence-corrected chi connectivity index (χ4v) is 1.94. The lowest BCUT2D eigenvalue weighted by atomic mass is 10.1. The average molecular weight is 296 g/mol. The van der Waals surface area contributed by atoms with E-state index in [-0.39, 0.29) is 11.3 Å². The molecule has 1 unspecified atom stereocenters. The summed E-state index contributed by atoms with van der Waals surface area (Å²) in [5.41, 5.74) is -0.426. The van der Waals surface area contributed by atoms with Gasteiger partial charge in [0.15, 0.2) is 0 Å². The van der Waals surface area contributed by atoms with Gasteiger partial charge in [-0.2, -0.15) is 0 Å². The van der Waals surface area contributed by atoms with Crippen LogP contribution in [-0.4, -0.2) is 4.92 Å². The number of nitrogens with one attached hydrogen (secondary N) is 1. The van der Waals surface area contributed by atoms with Gasteiger partial charge in [-0.3, -0.25) is 10.1 Å². The number of benzene rings is 2. The SMILES string of the molecule is CC(Nc1ccc(F)cc1[N+](=O)[O-])c1cc(F)ccc1F. The summed E-state index contributed by atoms with van der Waals surface area (Å²) in [7, 11) is 0. The van der Waals surface area contributed by atoms with Crippen LogP contribution in [0.3, 0.4) is 0 Å². The van der Waals surface area contributed by atoms with Gasteiger partial charge in [0.05, 0.1) is 17.0 Å². The molecular weight excluding hydrogens is 285 g/mol. The molecule has 0 aliphatic rings. The highest BCUT2D eigenvalue weighted by Crippen LogP contribution is 2.29. The van der Waals surface area contributed by atoms with Crippen LogP contribution in [0.5, 0.6) is 0 Å². The summed E-state index contributed by atoms with van der Waals surface area (Å²) in [6.07, 6.45) is 0. The Labute approximate surface area is 118 Å². The minimum atomic E-state index is -0.753. The molecule has 0 spiro atoms. The lowest BCUT2D eigenvalue weighted by molar-refractivity contribution is -0.384. The molecule has 1 atom stereocenters. The van der Waals surface area contributed by atoms with E-state index in [0.717, 1.165) is 30.3 Å². The number of nitro groups is 1. The Kier molecular flexibility index (Phi) is 4.11. The summed E-state index contributed by atoms with van der Waals surface area (Å²) in [5.74, 6) is -2.01. The van der Waals surface area contributed by atoms with Crippen molar-refractivity contribution in [3.8, 4) is 0 Å². The van der Waals surface area contributed by atoms with Crippen molar-refractivity contribution < 1.29 is 18.1 Å². The first-order valence-corrected chi connectivity index (χ1v) is 6.04. The molecule has 0 fully saturated rings. The molecular formula is C14H11F3N2O2. The van der Waals surface area contributed by atoms with Gasteiger partial charge in [-0.05, 0) is 37.3 Å². The molecule has 0 saturated carbocycles. The lowest BCUT2D eigenvalue weighted by Crippen LogP contribution is -2.10. The molecule has 0 bridgehead atoms. The maximum atomic E-state index is 13.6. The Hall–Kier alpha value is -2.57. The van der Waals surface area contributed by atoms with Crippen LogP contribution in [-0.2, 0) is 0 Å². The maximum absolute atomic E-state index is 13.6. The molecule has 2 rings (SSSR count). The number of rotatable bonds is 4. The number of nitrogens with zero attached hydrogens (tertiary/aromatic N) is 1. The summed E-state index contributed by atoms with van der Waals surface area (Å²) in [5, 5.41) is 13.6. The van der Waals surface area contributed by atoms with Gasteiger partial charge in [0.1, 0.15) is 23.1 Å². The Morgan fingerprint density at radius 2 is 1.71 bits per heavy atom. The zero-order chi connectivity index (χ0) is 15.6. The lowest BCUT2D eigenvalue weighted by Gasteiger charge is -2.16. The van der Waals surface area contributed by atoms with E-state index < -0.39 is 34.1 Å². The van der Waals surface area contributed by atoms with E-state index in [2.05, 4.69) is 5.32 Å². The first-order valence-electron chi connectivity index (χ1n) is 6.04. The Balaban J connectivity index is 2.33. The molecule has 0 radical (unpaired) electrons. The summed E-state index contributed by atoms with van der Waals surface area (Å²) in [6, 6.07) is 5.21. The molecule has 1 N–H and O–H groups in total. The molecule has 21 heavy (non-hydrogen) atoms. The highest BCUT2D eigenvalue weighted by Gasteiger charge is 2.19. The van der Waals surface area contributed by atoms with Crippen LogP contribution in [0.1, 0.15) is 18.5 Å². The molecule has 2 aromatic rings. The average Bonchev–Trinajstić information content (AvgIpc) is 2.43. The second-order valence-electron chi connectivity index (χ2n) is 4.45. The zero-order valence-electron chi connectivity index (χ0n) is 10.9. The second-order valence-corrected chi connectivity index (χ2v) is 4.45. The summed E-state index contributed by atoms with van der Waals surface area (Å²) >= 11 is 0. The first-order chi connectivity index (χ1) is 9.88. The van der Waals surface area contributed by atoms with Crippen LogP contribution < -0.4 is 5.32 Å². The molecule has 2 aromatic carbocycles. The molecule has 0 aliphatic heterocycles. The van der Waals surface area contributed by atoms with Crippen LogP contribution in [0.15, 0.2) is 36.4 Å². The third kappa shape index (κ3) is 3.31. The predicted octanol–water partition coefficient (Wildman–Crippen LogP) is 4.19. The summed E-state index contributed by atoms with van der Waals surface area (Å²) in [6.45, 7) is 1.52. The van der Waals surface area contributed by atoms with E-state index in [1.54, 1.807) is 0 Å². The largest absolute Gasteiger partial charge is 0.373 e. The zero-order valence-corrected chi connectivity index (χ0v) is 10.9. The molecule has 0 heterocycles. The van der Waals surface area contributed by atoms with E-state index in [9.17, 15) is 23.3 Å². The standard InChI is InChI=1S/C14H11F3N2O2/c1-8(11-6-9(15)2-4-12(11)17)18-13-5-3-10(16)7-14(13)19(20)21/h2-8,18H,1H3. The van der Waals surface area contributed by atoms with Crippen molar-refractivity contribution in [1.82, 2.24) is 0 Å². The Morgan fingerprint density at radius 1 is 1.10 bits per heavy atom. The smallest absolute Gasteiger partial charge is 0.295 e. The van der Waals surface area contributed by atoms with Crippen molar-refractivity contribution in [2.24, 2.45) is 0 Å². The topological polar surface area (TPSA) is 55.2 Å². The highest BCUT2D eigenvalue weighted by atomic mass is 19.1. The fraction of sp³-hybridized carbons (Fsp3) is 0.143. The number of hydrogen-bond donors (Lipinski definition) is 1. The Morgan fingerprint density at radius 3 is 2.38 bits per heavy atom. The molecule has 0 amide bonds. The molecule has 110 valence electrons. The van der Waals surface area contributed by atoms with Gasteiger partial charge in [0, 0.05) is 5.56 Å². The summed E-state index contributed by atoms with van der Waals surface area (Å²) < 4.78 is 39.8. The predicted molar refractivity (Wildman–Crippen MR) is 71.5 cm³/mol. The highest BCUT2D eigenvalue weighted by molar-refractivity contribution is 5.62. The van der Waals surface area contributed by atoms with Crippen molar-refractivity contribution in [1.29, 1.82) is 0 Å².